The summed E-state index contributed by atoms with van der Waals surface area (Å²) >= 11 is 0. The average Bonchev–Trinajstić information content (AvgIpc) is 2.31. The van der Waals surface area contributed by atoms with Crippen LogP contribution in [0.5, 0.6) is 0 Å². The normalized spacial score (nSPS) is 15.2. The highest BCUT2D eigenvalue weighted by atomic mass is 16.5. The number of hydrogen-bond donors (Lipinski definition) is 1. The Bertz CT molecular complexity index is 159. The van der Waals surface area contributed by atoms with Gasteiger partial charge >= 0.3 is 0 Å². The highest BCUT2D eigenvalue weighted by molar-refractivity contribution is 4.78. The van der Waals surface area contributed by atoms with Gasteiger partial charge < -0.3 is 10.1 Å². The van der Waals surface area contributed by atoms with E-state index < -0.39 is 0 Å². The molecule has 0 saturated heterocycles. The van der Waals surface area contributed by atoms with Gasteiger partial charge in [0.2, 0.25) is 0 Å². The van der Waals surface area contributed by atoms with Crippen LogP contribution in [0.2, 0.25) is 0 Å². The van der Waals surface area contributed by atoms with Gasteiger partial charge in [-0.3, -0.25) is 0 Å². The molecule has 1 N–H and O–H groups in total. The predicted octanol–water partition coefficient (Wildman–Crippen LogP) is 4.00. The molecule has 0 aliphatic rings. The van der Waals surface area contributed by atoms with Gasteiger partial charge in [-0.1, -0.05) is 52.9 Å². The van der Waals surface area contributed by atoms with Crippen molar-refractivity contribution in [2.75, 3.05) is 13.7 Å². The van der Waals surface area contributed by atoms with E-state index in [0.717, 1.165) is 6.61 Å². The molecule has 2 unspecified atom stereocenters. The molecular weight excluding hydrogens is 210 g/mol. The highest BCUT2D eigenvalue weighted by Crippen LogP contribution is 2.17. The molecule has 0 bridgehead atoms. The number of ether oxygens (including phenoxy) is 1. The van der Waals surface area contributed by atoms with Gasteiger partial charge in [-0.15, -0.1) is 0 Å². The van der Waals surface area contributed by atoms with Crippen molar-refractivity contribution in [1.82, 2.24) is 5.32 Å². The average molecular weight is 243 g/mol. The molecule has 0 rings (SSSR count). The monoisotopic (exact) mass is 243 g/mol. The molecule has 0 heterocycles. The number of nitrogens with one attached hydrogen (secondary N) is 1. The smallest absolute Gasteiger partial charge is 0.0750 e. The van der Waals surface area contributed by atoms with Gasteiger partial charge in [-0.05, 0) is 26.3 Å². The maximum absolute atomic E-state index is 5.87. The molecule has 0 aliphatic heterocycles. The third kappa shape index (κ3) is 7.77. The first-order chi connectivity index (χ1) is 8.17. The molecule has 104 valence electrons. The first-order valence-corrected chi connectivity index (χ1v) is 7.46. The molecule has 0 fully saturated rings. The van der Waals surface area contributed by atoms with Gasteiger partial charge in [0.15, 0.2) is 0 Å². The van der Waals surface area contributed by atoms with E-state index in [-0.39, 0.29) is 0 Å². The Morgan fingerprint density at radius 3 is 2.12 bits per heavy atom. The van der Waals surface area contributed by atoms with Gasteiger partial charge in [0.25, 0.3) is 0 Å². The molecule has 2 nitrogen and oxygen atoms in total. The van der Waals surface area contributed by atoms with Gasteiger partial charge in [-0.25, -0.2) is 0 Å². The lowest BCUT2D eigenvalue weighted by molar-refractivity contribution is 0.00271. The second-order valence-electron chi connectivity index (χ2n) is 5.26. The number of hydrogen-bond acceptors (Lipinski definition) is 2. The zero-order valence-corrected chi connectivity index (χ0v) is 12.6. The molecule has 17 heavy (non-hydrogen) atoms. The standard InChI is InChI=1S/C15H33NO/c1-6-8-9-10-11-12-14(16-5)15(13(3)4)17-7-2/h13-16H,6-12H2,1-5H3. The Morgan fingerprint density at radius 2 is 1.65 bits per heavy atom. The minimum atomic E-state index is 0.358. The minimum absolute atomic E-state index is 0.358. The molecule has 0 saturated carbocycles. The van der Waals surface area contributed by atoms with Crippen LogP contribution in [0.15, 0.2) is 0 Å². The van der Waals surface area contributed by atoms with Crippen LogP contribution in [0.25, 0.3) is 0 Å². The summed E-state index contributed by atoms with van der Waals surface area (Å²) in [4.78, 5) is 0. The van der Waals surface area contributed by atoms with E-state index in [4.69, 9.17) is 4.74 Å². The lowest BCUT2D eigenvalue weighted by atomic mass is 9.94. The highest BCUT2D eigenvalue weighted by Gasteiger charge is 2.22. The summed E-state index contributed by atoms with van der Waals surface area (Å²) in [5, 5.41) is 3.43. The fourth-order valence-corrected chi connectivity index (χ4v) is 2.41. The maximum Gasteiger partial charge on any atom is 0.0750 e. The quantitative estimate of drug-likeness (QED) is 0.554. The summed E-state index contributed by atoms with van der Waals surface area (Å²) in [5.74, 6) is 0.586. The Balaban J connectivity index is 3.92. The van der Waals surface area contributed by atoms with Gasteiger partial charge in [-0.2, -0.15) is 0 Å². The first kappa shape index (κ1) is 16.9. The zero-order valence-electron chi connectivity index (χ0n) is 12.6. The van der Waals surface area contributed by atoms with E-state index in [2.05, 4.69) is 40.1 Å². The fraction of sp³-hybridized carbons (Fsp3) is 1.00. The topological polar surface area (TPSA) is 21.3 Å². The van der Waals surface area contributed by atoms with Crippen LogP contribution in [-0.2, 0) is 4.74 Å². The first-order valence-electron chi connectivity index (χ1n) is 7.46. The Labute approximate surface area is 109 Å². The maximum atomic E-state index is 5.87. The van der Waals surface area contributed by atoms with E-state index >= 15 is 0 Å². The van der Waals surface area contributed by atoms with Crippen LogP contribution in [0.1, 0.15) is 66.2 Å². The molecule has 0 spiro atoms. The van der Waals surface area contributed by atoms with E-state index in [1.807, 2.05) is 0 Å². The lowest BCUT2D eigenvalue weighted by Gasteiger charge is -2.30. The van der Waals surface area contributed by atoms with Crippen LogP contribution in [0, 0.1) is 5.92 Å². The van der Waals surface area contributed by atoms with Crippen LogP contribution in [0.4, 0.5) is 0 Å². The summed E-state index contributed by atoms with van der Waals surface area (Å²) in [7, 11) is 2.06. The van der Waals surface area contributed by atoms with Gasteiger partial charge in [0.05, 0.1) is 6.10 Å². The van der Waals surface area contributed by atoms with Crippen molar-refractivity contribution in [1.29, 1.82) is 0 Å². The molecule has 0 amide bonds. The predicted molar refractivity (Wildman–Crippen MR) is 76.5 cm³/mol. The van der Waals surface area contributed by atoms with Crippen molar-refractivity contribution in [2.24, 2.45) is 5.92 Å². The molecule has 0 aromatic carbocycles. The van der Waals surface area contributed by atoms with Crippen molar-refractivity contribution >= 4 is 0 Å². The molecule has 0 aromatic heterocycles. The van der Waals surface area contributed by atoms with Crippen LogP contribution in [-0.4, -0.2) is 25.8 Å². The summed E-state index contributed by atoms with van der Waals surface area (Å²) in [6.07, 6.45) is 8.37. The number of unbranched alkanes of at least 4 members (excludes halogenated alkanes) is 4. The molecular formula is C15H33NO. The Hall–Kier alpha value is -0.0800. The molecule has 0 radical (unpaired) electrons. The lowest BCUT2D eigenvalue weighted by Crippen LogP contribution is -2.42. The second kappa shape index (κ2) is 11.0. The largest absolute Gasteiger partial charge is 0.377 e. The second-order valence-corrected chi connectivity index (χ2v) is 5.26. The van der Waals surface area contributed by atoms with E-state index in [1.165, 1.54) is 38.5 Å². The van der Waals surface area contributed by atoms with Crippen LogP contribution < -0.4 is 5.32 Å². The third-order valence-electron chi connectivity index (χ3n) is 3.40. The summed E-state index contributed by atoms with van der Waals surface area (Å²) in [5.41, 5.74) is 0. The van der Waals surface area contributed by atoms with E-state index in [1.54, 1.807) is 0 Å². The molecule has 2 heteroatoms. The SMILES string of the molecule is CCCCCCCC(NC)C(OCC)C(C)C. The number of likely N-dealkylation sites (N-methyl/N-ethyl adjacent to an activating group) is 1. The van der Waals surface area contributed by atoms with Crippen molar-refractivity contribution in [3.63, 3.8) is 0 Å². The van der Waals surface area contributed by atoms with Crippen molar-refractivity contribution < 1.29 is 4.74 Å². The Morgan fingerprint density at radius 1 is 1.00 bits per heavy atom. The third-order valence-corrected chi connectivity index (χ3v) is 3.40. The van der Waals surface area contributed by atoms with Crippen molar-refractivity contribution in [3.05, 3.63) is 0 Å². The van der Waals surface area contributed by atoms with E-state index in [9.17, 15) is 0 Å². The summed E-state index contributed by atoms with van der Waals surface area (Å²) in [6.45, 7) is 9.67. The summed E-state index contributed by atoms with van der Waals surface area (Å²) in [6, 6.07) is 0.511. The van der Waals surface area contributed by atoms with Gasteiger partial charge in [0, 0.05) is 12.6 Å². The minimum Gasteiger partial charge on any atom is -0.377 e. The zero-order chi connectivity index (χ0) is 13.1. The van der Waals surface area contributed by atoms with Gasteiger partial charge in [0.1, 0.15) is 0 Å². The van der Waals surface area contributed by atoms with E-state index in [0.29, 0.717) is 18.1 Å². The van der Waals surface area contributed by atoms with Crippen LogP contribution >= 0.6 is 0 Å². The molecule has 2 atom stereocenters. The Kier molecular flexibility index (Phi) is 11.0. The van der Waals surface area contributed by atoms with Crippen molar-refractivity contribution in [3.8, 4) is 0 Å². The van der Waals surface area contributed by atoms with Crippen molar-refractivity contribution in [2.45, 2.75) is 78.4 Å². The number of rotatable bonds is 11. The molecule has 0 aromatic rings. The fourth-order valence-electron chi connectivity index (χ4n) is 2.41. The molecule has 0 aliphatic carbocycles. The van der Waals surface area contributed by atoms with Crippen LogP contribution in [0.3, 0.4) is 0 Å². The summed E-state index contributed by atoms with van der Waals surface area (Å²) < 4.78 is 5.87.